The summed E-state index contributed by atoms with van der Waals surface area (Å²) in [4.78, 5) is 0. The van der Waals surface area contributed by atoms with Gasteiger partial charge in [0.25, 0.3) is 0 Å². The highest BCUT2D eigenvalue weighted by Crippen LogP contribution is 2.25. The van der Waals surface area contributed by atoms with Crippen LogP contribution in [0, 0.1) is 0 Å². The van der Waals surface area contributed by atoms with E-state index in [0.717, 1.165) is 12.2 Å². The topological polar surface area (TPSA) is 35.2 Å². The van der Waals surface area contributed by atoms with E-state index in [-0.39, 0.29) is 11.0 Å². The van der Waals surface area contributed by atoms with Gasteiger partial charge in [0.1, 0.15) is 0 Å². The van der Waals surface area contributed by atoms with E-state index in [1.54, 1.807) is 7.11 Å². The summed E-state index contributed by atoms with van der Waals surface area (Å²) in [5.41, 5.74) is 8.26. The maximum Gasteiger partial charge on any atom is 0.0553 e. The van der Waals surface area contributed by atoms with Gasteiger partial charge in [0.15, 0.2) is 0 Å². The van der Waals surface area contributed by atoms with Crippen LogP contribution in [0.5, 0.6) is 0 Å². The number of ether oxygens (including phenoxy) is 1. The van der Waals surface area contributed by atoms with Gasteiger partial charge in [0.2, 0.25) is 0 Å². The van der Waals surface area contributed by atoms with Gasteiger partial charge < -0.3 is 10.5 Å². The standard InChI is InChI=1S/C14H23NO/c1-13(2,10-16-5)11-6-8-12(9-7-11)14(3,4)15/h6-9H,10,15H2,1-5H3. The Hall–Kier alpha value is -0.860. The highest BCUT2D eigenvalue weighted by Gasteiger charge is 2.21. The lowest BCUT2D eigenvalue weighted by Gasteiger charge is -2.26. The molecule has 0 spiro atoms. The minimum atomic E-state index is -0.274. The molecule has 1 aromatic carbocycles. The second-order valence-corrected chi connectivity index (χ2v) is 5.62. The van der Waals surface area contributed by atoms with Crippen molar-refractivity contribution < 1.29 is 4.74 Å². The van der Waals surface area contributed by atoms with Crippen LogP contribution in [0.15, 0.2) is 24.3 Å². The molecule has 1 rings (SSSR count). The molecule has 0 radical (unpaired) electrons. The van der Waals surface area contributed by atoms with Crippen LogP contribution in [-0.4, -0.2) is 13.7 Å². The van der Waals surface area contributed by atoms with Crippen molar-refractivity contribution in [3.63, 3.8) is 0 Å². The fourth-order valence-corrected chi connectivity index (χ4v) is 1.80. The van der Waals surface area contributed by atoms with E-state index < -0.39 is 0 Å². The predicted octanol–water partition coefficient (Wildman–Crippen LogP) is 2.80. The Kier molecular flexibility index (Phi) is 3.76. The van der Waals surface area contributed by atoms with Crippen LogP contribution >= 0.6 is 0 Å². The molecule has 2 heteroatoms. The van der Waals surface area contributed by atoms with Gasteiger partial charge in [0, 0.05) is 18.1 Å². The molecule has 2 N–H and O–H groups in total. The first-order chi connectivity index (χ1) is 7.27. The quantitative estimate of drug-likeness (QED) is 0.848. The van der Waals surface area contributed by atoms with Gasteiger partial charge in [-0.2, -0.15) is 0 Å². The number of nitrogens with two attached hydrogens (primary N) is 1. The number of hydrogen-bond donors (Lipinski definition) is 1. The summed E-state index contributed by atoms with van der Waals surface area (Å²) in [5, 5.41) is 0. The third kappa shape index (κ3) is 3.06. The predicted molar refractivity (Wildman–Crippen MR) is 68.6 cm³/mol. The second-order valence-electron chi connectivity index (χ2n) is 5.62. The fraction of sp³-hybridized carbons (Fsp3) is 0.571. The Morgan fingerprint density at radius 2 is 1.44 bits per heavy atom. The normalized spacial score (nSPS) is 12.9. The molecule has 0 fully saturated rings. The second kappa shape index (κ2) is 4.56. The molecular formula is C14H23NO. The van der Waals surface area contributed by atoms with Gasteiger partial charge in [-0.1, -0.05) is 38.1 Å². The van der Waals surface area contributed by atoms with E-state index in [1.165, 1.54) is 5.56 Å². The van der Waals surface area contributed by atoms with Crippen molar-refractivity contribution in [2.45, 2.75) is 38.6 Å². The highest BCUT2D eigenvalue weighted by molar-refractivity contribution is 5.31. The van der Waals surface area contributed by atoms with Crippen molar-refractivity contribution in [3.05, 3.63) is 35.4 Å². The number of methoxy groups -OCH3 is 1. The molecule has 0 atom stereocenters. The van der Waals surface area contributed by atoms with Crippen LogP contribution in [0.3, 0.4) is 0 Å². The molecule has 0 bridgehead atoms. The maximum absolute atomic E-state index is 6.05. The van der Waals surface area contributed by atoms with Crippen molar-refractivity contribution in [1.29, 1.82) is 0 Å². The maximum atomic E-state index is 6.05. The van der Waals surface area contributed by atoms with Crippen LogP contribution in [-0.2, 0) is 15.7 Å². The fourth-order valence-electron chi connectivity index (χ4n) is 1.80. The van der Waals surface area contributed by atoms with Gasteiger partial charge in [0.05, 0.1) is 6.61 Å². The zero-order chi connectivity index (χ0) is 12.4. The third-order valence-corrected chi connectivity index (χ3v) is 2.92. The lowest BCUT2D eigenvalue weighted by molar-refractivity contribution is 0.146. The Labute approximate surface area is 98.8 Å². The van der Waals surface area contributed by atoms with Crippen LogP contribution in [0.25, 0.3) is 0 Å². The molecule has 1 aromatic rings. The third-order valence-electron chi connectivity index (χ3n) is 2.92. The van der Waals surface area contributed by atoms with Gasteiger partial charge in [-0.15, -0.1) is 0 Å². The minimum Gasteiger partial charge on any atom is -0.384 e. The highest BCUT2D eigenvalue weighted by atomic mass is 16.5. The van der Waals surface area contributed by atoms with Gasteiger partial charge in [-0.25, -0.2) is 0 Å². The summed E-state index contributed by atoms with van der Waals surface area (Å²) in [6.07, 6.45) is 0. The van der Waals surface area contributed by atoms with E-state index in [2.05, 4.69) is 38.1 Å². The van der Waals surface area contributed by atoms with Crippen LogP contribution in [0.4, 0.5) is 0 Å². The molecule has 0 amide bonds. The van der Waals surface area contributed by atoms with E-state index in [1.807, 2.05) is 13.8 Å². The molecule has 0 aliphatic rings. The van der Waals surface area contributed by atoms with Crippen LogP contribution < -0.4 is 5.73 Å². The largest absolute Gasteiger partial charge is 0.384 e. The number of hydrogen-bond acceptors (Lipinski definition) is 2. The molecule has 0 aromatic heterocycles. The molecule has 0 saturated carbocycles. The van der Waals surface area contributed by atoms with Crippen molar-refractivity contribution in [2.75, 3.05) is 13.7 Å². The molecule has 0 aliphatic carbocycles. The van der Waals surface area contributed by atoms with E-state index in [0.29, 0.717) is 0 Å². The molecule has 2 nitrogen and oxygen atoms in total. The molecule has 0 saturated heterocycles. The molecule has 16 heavy (non-hydrogen) atoms. The van der Waals surface area contributed by atoms with Gasteiger partial charge in [-0.3, -0.25) is 0 Å². The first-order valence-electron chi connectivity index (χ1n) is 5.66. The average molecular weight is 221 g/mol. The van der Waals surface area contributed by atoms with Crippen molar-refractivity contribution in [1.82, 2.24) is 0 Å². The monoisotopic (exact) mass is 221 g/mol. The van der Waals surface area contributed by atoms with Crippen LogP contribution in [0.1, 0.15) is 38.8 Å². The summed E-state index contributed by atoms with van der Waals surface area (Å²) in [7, 11) is 1.74. The van der Waals surface area contributed by atoms with E-state index >= 15 is 0 Å². The molecule has 90 valence electrons. The smallest absolute Gasteiger partial charge is 0.0553 e. The SMILES string of the molecule is COCC(C)(C)c1ccc(C(C)(C)N)cc1. The molecular weight excluding hydrogens is 198 g/mol. The summed E-state index contributed by atoms with van der Waals surface area (Å²) in [5.74, 6) is 0. The van der Waals surface area contributed by atoms with Crippen molar-refractivity contribution in [3.8, 4) is 0 Å². The molecule has 0 aliphatic heterocycles. The van der Waals surface area contributed by atoms with Crippen molar-refractivity contribution in [2.24, 2.45) is 5.73 Å². The summed E-state index contributed by atoms with van der Waals surface area (Å²) in [6, 6.07) is 8.49. The van der Waals surface area contributed by atoms with Crippen LogP contribution in [0.2, 0.25) is 0 Å². The van der Waals surface area contributed by atoms with Gasteiger partial charge in [-0.05, 0) is 25.0 Å². The Balaban J connectivity index is 2.95. The number of rotatable bonds is 4. The molecule has 0 heterocycles. The molecule has 0 unspecified atom stereocenters. The minimum absolute atomic E-state index is 0.0476. The first-order valence-corrected chi connectivity index (χ1v) is 5.66. The summed E-state index contributed by atoms with van der Waals surface area (Å²) < 4.78 is 5.23. The Bertz CT molecular complexity index is 333. The van der Waals surface area contributed by atoms with Gasteiger partial charge >= 0.3 is 0 Å². The first kappa shape index (κ1) is 13.2. The summed E-state index contributed by atoms with van der Waals surface area (Å²) >= 11 is 0. The lowest BCUT2D eigenvalue weighted by Crippen LogP contribution is -2.29. The number of benzene rings is 1. The summed E-state index contributed by atoms with van der Waals surface area (Å²) in [6.45, 7) is 9.11. The Morgan fingerprint density at radius 3 is 1.81 bits per heavy atom. The van der Waals surface area contributed by atoms with E-state index in [4.69, 9.17) is 10.5 Å². The van der Waals surface area contributed by atoms with Crippen molar-refractivity contribution >= 4 is 0 Å². The lowest BCUT2D eigenvalue weighted by atomic mass is 9.84. The average Bonchev–Trinajstić information content (AvgIpc) is 2.16. The zero-order valence-electron chi connectivity index (χ0n) is 11.0. The van der Waals surface area contributed by atoms with E-state index in [9.17, 15) is 0 Å². The Morgan fingerprint density at radius 1 is 1.00 bits per heavy atom. The zero-order valence-corrected chi connectivity index (χ0v) is 11.0.